The van der Waals surface area contributed by atoms with Gasteiger partial charge in [0.15, 0.2) is 5.78 Å². The van der Waals surface area contributed by atoms with Crippen molar-refractivity contribution in [2.45, 2.75) is 23.7 Å². The van der Waals surface area contributed by atoms with Crippen LogP contribution < -0.4 is 4.74 Å². The molecule has 0 spiro atoms. The molecule has 0 radical (unpaired) electrons. The normalized spacial score (nSPS) is 19.1. The Morgan fingerprint density at radius 3 is 2.86 bits per heavy atom. The average Bonchev–Trinajstić information content (AvgIpc) is 3.25. The predicted molar refractivity (Wildman–Crippen MR) is 119 cm³/mol. The highest BCUT2D eigenvalue weighted by molar-refractivity contribution is 7.99. The zero-order chi connectivity index (χ0) is 19.6. The topological polar surface area (TPSA) is 29.5 Å². The lowest BCUT2D eigenvalue weighted by Gasteiger charge is -2.18. The van der Waals surface area contributed by atoms with Gasteiger partial charge in [0.2, 0.25) is 0 Å². The van der Waals surface area contributed by atoms with Crippen molar-refractivity contribution in [3.63, 3.8) is 0 Å². The lowest BCUT2D eigenvalue weighted by molar-refractivity contribution is 0.0969. The van der Waals surface area contributed by atoms with Gasteiger partial charge in [0.1, 0.15) is 5.75 Å². The van der Waals surface area contributed by atoms with E-state index in [1.807, 2.05) is 23.9 Å². The molecule has 0 saturated carbocycles. The van der Waals surface area contributed by atoms with Crippen LogP contribution in [0, 0.1) is 0 Å². The van der Waals surface area contributed by atoms with Crippen LogP contribution in [0.2, 0.25) is 0 Å². The number of nitrogens with zero attached hydrogens (tertiary/aromatic N) is 1. The maximum atomic E-state index is 12.8. The summed E-state index contributed by atoms with van der Waals surface area (Å²) in [7, 11) is 0. The number of ether oxygens (including phenoxy) is 1. The molecule has 0 aromatic heterocycles. The van der Waals surface area contributed by atoms with E-state index >= 15 is 0 Å². The number of likely N-dealkylation sites (tertiary alicyclic amines) is 1. The summed E-state index contributed by atoms with van der Waals surface area (Å²) in [6.45, 7) is 3.72. The van der Waals surface area contributed by atoms with Gasteiger partial charge in [0.05, 0.1) is 11.5 Å². The highest BCUT2D eigenvalue weighted by Crippen LogP contribution is 2.37. The van der Waals surface area contributed by atoms with Crippen LogP contribution in [0.25, 0.3) is 10.8 Å². The molecule has 0 bridgehead atoms. The molecule has 3 aromatic carbocycles. The molecule has 0 N–H and O–H groups in total. The third kappa shape index (κ3) is 4.05. The summed E-state index contributed by atoms with van der Waals surface area (Å²) >= 11 is 1.84. The number of fused-ring (bicyclic) bond motifs is 2. The van der Waals surface area contributed by atoms with Crippen LogP contribution in [0.3, 0.4) is 0 Å². The van der Waals surface area contributed by atoms with Crippen molar-refractivity contribution >= 4 is 28.3 Å². The number of carbonyl (C=O) groups excluding carboxylic acids is 1. The van der Waals surface area contributed by atoms with Crippen LogP contribution in [0.1, 0.15) is 34.7 Å². The molecule has 3 aromatic rings. The number of benzene rings is 3. The number of hydrogen-bond acceptors (Lipinski definition) is 4. The first-order valence-corrected chi connectivity index (χ1v) is 11.4. The minimum Gasteiger partial charge on any atom is -0.492 e. The minimum absolute atomic E-state index is 0.225. The maximum Gasteiger partial charge on any atom is 0.164 e. The van der Waals surface area contributed by atoms with Crippen LogP contribution in [0.4, 0.5) is 0 Å². The van der Waals surface area contributed by atoms with Crippen LogP contribution in [0.15, 0.2) is 65.6 Å². The fraction of sp³-hybridized carbons (Fsp3) is 0.320. The first-order chi connectivity index (χ1) is 14.3. The molecule has 3 nitrogen and oxygen atoms in total. The quantitative estimate of drug-likeness (QED) is 0.535. The van der Waals surface area contributed by atoms with Gasteiger partial charge in [-0.3, -0.25) is 4.79 Å². The van der Waals surface area contributed by atoms with Crippen molar-refractivity contribution in [1.82, 2.24) is 4.90 Å². The van der Waals surface area contributed by atoms with Crippen molar-refractivity contribution in [3.8, 4) is 5.75 Å². The fourth-order valence-electron chi connectivity index (χ4n) is 4.40. The van der Waals surface area contributed by atoms with Gasteiger partial charge >= 0.3 is 0 Å². The number of Topliss-reactive ketones (excluding diaryl/α,β-unsaturated/α-hetero) is 1. The Bertz CT molecular complexity index is 1030. The molecule has 148 valence electrons. The van der Waals surface area contributed by atoms with Crippen molar-refractivity contribution in [2.75, 3.05) is 32.0 Å². The summed E-state index contributed by atoms with van der Waals surface area (Å²) in [6.07, 6.45) is 1.75. The van der Waals surface area contributed by atoms with Gasteiger partial charge in [-0.25, -0.2) is 0 Å². The Balaban J connectivity index is 1.23. The summed E-state index contributed by atoms with van der Waals surface area (Å²) in [4.78, 5) is 16.5. The third-order valence-electron chi connectivity index (χ3n) is 6.02. The number of carbonyl (C=O) groups is 1. The first-order valence-electron chi connectivity index (χ1n) is 10.4. The fourth-order valence-corrected chi connectivity index (χ4v) is 5.25. The second kappa shape index (κ2) is 8.21. The summed E-state index contributed by atoms with van der Waals surface area (Å²) in [5.41, 5.74) is 2.22. The standard InChI is InChI=1S/C25H25NO2S/c27-23(9-11-26-10-8-21(17-26)18-4-2-1-3-5-18)20-7-6-19-16-25-24(15-22(19)14-20)28-12-13-29-25/h1-7,14-16,21H,8-13,17H2. The molecule has 1 saturated heterocycles. The van der Waals surface area contributed by atoms with E-state index in [1.165, 1.54) is 22.3 Å². The molecule has 4 heteroatoms. The van der Waals surface area contributed by atoms with Gasteiger partial charge in [-0.05, 0) is 53.4 Å². The number of ketones is 1. The van der Waals surface area contributed by atoms with Gasteiger partial charge in [-0.2, -0.15) is 0 Å². The lowest BCUT2D eigenvalue weighted by Crippen LogP contribution is -2.23. The van der Waals surface area contributed by atoms with Crippen LogP contribution >= 0.6 is 11.8 Å². The van der Waals surface area contributed by atoms with Crippen LogP contribution in [0.5, 0.6) is 5.75 Å². The lowest BCUT2D eigenvalue weighted by atomic mass is 9.99. The summed E-state index contributed by atoms with van der Waals surface area (Å²) < 4.78 is 5.78. The minimum atomic E-state index is 0.225. The zero-order valence-electron chi connectivity index (χ0n) is 16.5. The molecule has 2 heterocycles. The van der Waals surface area contributed by atoms with Gasteiger partial charge in [0.25, 0.3) is 0 Å². The molecule has 2 aliphatic rings. The molecule has 1 atom stereocenters. The summed E-state index contributed by atoms with van der Waals surface area (Å²) in [5, 5.41) is 2.26. The van der Waals surface area contributed by atoms with Gasteiger partial charge < -0.3 is 9.64 Å². The van der Waals surface area contributed by atoms with Gasteiger partial charge in [-0.15, -0.1) is 11.8 Å². The van der Waals surface area contributed by atoms with E-state index in [9.17, 15) is 4.79 Å². The maximum absolute atomic E-state index is 12.8. The van der Waals surface area contributed by atoms with E-state index in [-0.39, 0.29) is 5.78 Å². The molecule has 1 fully saturated rings. The molecule has 5 rings (SSSR count). The Morgan fingerprint density at radius 1 is 1.07 bits per heavy atom. The van der Waals surface area contributed by atoms with Crippen LogP contribution in [-0.4, -0.2) is 42.7 Å². The van der Waals surface area contributed by atoms with Crippen LogP contribution in [-0.2, 0) is 0 Å². The van der Waals surface area contributed by atoms with Crippen molar-refractivity contribution in [1.29, 1.82) is 0 Å². The Hall–Kier alpha value is -2.30. The van der Waals surface area contributed by atoms with Crippen molar-refractivity contribution < 1.29 is 9.53 Å². The first kappa shape index (κ1) is 18.7. The van der Waals surface area contributed by atoms with E-state index < -0.39 is 0 Å². The summed E-state index contributed by atoms with van der Waals surface area (Å²) in [6, 6.07) is 21.1. The average molecular weight is 404 g/mol. The Labute approximate surface area is 176 Å². The molecular formula is C25H25NO2S. The van der Waals surface area contributed by atoms with E-state index in [0.29, 0.717) is 12.3 Å². The van der Waals surface area contributed by atoms with E-state index in [0.717, 1.165) is 48.7 Å². The highest BCUT2D eigenvalue weighted by Gasteiger charge is 2.24. The Kier molecular flexibility index (Phi) is 5.30. The number of rotatable bonds is 5. The zero-order valence-corrected chi connectivity index (χ0v) is 17.3. The highest BCUT2D eigenvalue weighted by atomic mass is 32.2. The number of hydrogen-bond donors (Lipinski definition) is 0. The monoisotopic (exact) mass is 403 g/mol. The largest absolute Gasteiger partial charge is 0.492 e. The molecule has 0 aliphatic carbocycles. The molecule has 1 unspecified atom stereocenters. The molecule has 29 heavy (non-hydrogen) atoms. The molecule has 2 aliphatic heterocycles. The number of thioether (sulfide) groups is 1. The van der Waals surface area contributed by atoms with E-state index in [4.69, 9.17) is 4.74 Å². The predicted octanol–water partition coefficient (Wildman–Crippen LogP) is 5.39. The van der Waals surface area contributed by atoms with Crippen molar-refractivity contribution in [2.24, 2.45) is 0 Å². The summed E-state index contributed by atoms with van der Waals surface area (Å²) in [5.74, 6) is 2.76. The van der Waals surface area contributed by atoms with E-state index in [2.05, 4.69) is 53.4 Å². The molecular weight excluding hydrogens is 378 g/mol. The smallest absolute Gasteiger partial charge is 0.164 e. The third-order valence-corrected chi connectivity index (χ3v) is 7.02. The van der Waals surface area contributed by atoms with E-state index in [1.54, 1.807) is 0 Å². The second-order valence-electron chi connectivity index (χ2n) is 7.93. The Morgan fingerprint density at radius 2 is 1.97 bits per heavy atom. The SMILES string of the molecule is O=C(CCN1CCC(c2ccccc2)C1)c1ccc2cc3c(cc2c1)OCCS3. The molecule has 0 amide bonds. The van der Waals surface area contributed by atoms with Gasteiger partial charge in [-0.1, -0.05) is 42.5 Å². The van der Waals surface area contributed by atoms with Crippen molar-refractivity contribution in [3.05, 3.63) is 71.8 Å². The second-order valence-corrected chi connectivity index (χ2v) is 9.06. The van der Waals surface area contributed by atoms with Gasteiger partial charge in [0, 0.05) is 30.8 Å².